The molecule has 16 heavy (non-hydrogen) atoms. The first-order valence-electron chi connectivity index (χ1n) is 6.64. The van der Waals surface area contributed by atoms with Crippen molar-refractivity contribution in [3.63, 3.8) is 0 Å². The number of nitrogens with zero attached hydrogens (tertiary/aromatic N) is 1. The Morgan fingerprint density at radius 1 is 0.812 bits per heavy atom. The van der Waals surface area contributed by atoms with Crippen molar-refractivity contribution >= 4 is 0 Å². The smallest absolute Gasteiger partial charge is 0.0794 e. The Balaban J connectivity index is 0. The standard InChI is InChI=1S/C13H31N2.BrH/c1-4-5-6-7-8-9-12-15(2,3)13-10-11-14;/h4-14H2,1-3H3;1H/q+1;/p-1. The maximum absolute atomic E-state index is 5.54. The van der Waals surface area contributed by atoms with E-state index >= 15 is 0 Å². The van der Waals surface area contributed by atoms with E-state index < -0.39 is 0 Å². The molecule has 0 unspecified atom stereocenters. The highest BCUT2D eigenvalue weighted by atomic mass is 79.9. The summed E-state index contributed by atoms with van der Waals surface area (Å²) in [7, 11) is 4.64. The van der Waals surface area contributed by atoms with E-state index in [-0.39, 0.29) is 17.0 Å². The molecule has 0 bridgehead atoms. The van der Waals surface area contributed by atoms with Crippen molar-refractivity contribution in [2.45, 2.75) is 51.9 Å². The van der Waals surface area contributed by atoms with Crippen LogP contribution in [-0.4, -0.2) is 38.2 Å². The normalized spacial score (nSPS) is 11.2. The van der Waals surface area contributed by atoms with Crippen molar-refractivity contribution in [1.82, 2.24) is 0 Å². The molecule has 0 aliphatic carbocycles. The molecule has 0 rings (SSSR count). The summed E-state index contributed by atoms with van der Waals surface area (Å²) in [5.74, 6) is 0. The summed E-state index contributed by atoms with van der Waals surface area (Å²) in [6.45, 7) is 5.64. The van der Waals surface area contributed by atoms with Gasteiger partial charge in [0.15, 0.2) is 0 Å². The Hall–Kier alpha value is 0.400. The van der Waals surface area contributed by atoms with Gasteiger partial charge in [-0.1, -0.05) is 32.6 Å². The minimum Gasteiger partial charge on any atom is -1.00 e. The SMILES string of the molecule is CCCCCCCC[N+](C)(C)CCCN.[Br-]. The van der Waals surface area contributed by atoms with Gasteiger partial charge in [0.05, 0.1) is 27.2 Å². The second-order valence-electron chi connectivity index (χ2n) is 5.29. The second-order valence-corrected chi connectivity index (χ2v) is 5.29. The molecule has 2 nitrogen and oxygen atoms in total. The zero-order valence-corrected chi connectivity index (χ0v) is 13.1. The van der Waals surface area contributed by atoms with Crippen LogP contribution in [0.3, 0.4) is 0 Å². The van der Waals surface area contributed by atoms with Gasteiger partial charge in [-0.2, -0.15) is 0 Å². The highest BCUT2D eigenvalue weighted by molar-refractivity contribution is 4.45. The maximum Gasteiger partial charge on any atom is 0.0794 e. The van der Waals surface area contributed by atoms with E-state index in [4.69, 9.17) is 5.73 Å². The molecule has 0 aromatic rings. The molecule has 0 aromatic heterocycles. The number of hydrogen-bond acceptors (Lipinski definition) is 1. The van der Waals surface area contributed by atoms with Crippen LogP contribution >= 0.6 is 0 Å². The summed E-state index contributed by atoms with van der Waals surface area (Å²) in [6.07, 6.45) is 9.54. The fourth-order valence-corrected chi connectivity index (χ4v) is 1.95. The topological polar surface area (TPSA) is 26.0 Å². The number of hydrogen-bond donors (Lipinski definition) is 1. The number of rotatable bonds is 10. The first-order chi connectivity index (χ1) is 7.12. The van der Waals surface area contributed by atoms with Crippen molar-refractivity contribution in [3.05, 3.63) is 0 Å². The third-order valence-corrected chi connectivity index (χ3v) is 3.08. The number of halogens is 1. The minimum atomic E-state index is 0. The molecule has 0 heterocycles. The van der Waals surface area contributed by atoms with Crippen molar-refractivity contribution in [3.8, 4) is 0 Å². The summed E-state index contributed by atoms with van der Waals surface area (Å²) in [4.78, 5) is 0. The zero-order valence-electron chi connectivity index (χ0n) is 11.5. The van der Waals surface area contributed by atoms with E-state index in [0.29, 0.717) is 0 Å². The average molecular weight is 295 g/mol. The molecule has 0 aliphatic heterocycles. The molecular formula is C13H31BrN2. The van der Waals surface area contributed by atoms with Crippen molar-refractivity contribution in [1.29, 1.82) is 0 Å². The van der Waals surface area contributed by atoms with Crippen LogP contribution in [0.5, 0.6) is 0 Å². The van der Waals surface area contributed by atoms with Gasteiger partial charge in [-0.3, -0.25) is 0 Å². The van der Waals surface area contributed by atoms with E-state index in [1.54, 1.807) is 0 Å². The Bertz CT molecular complexity index is 138. The monoisotopic (exact) mass is 294 g/mol. The number of unbranched alkanes of at least 4 members (excludes halogenated alkanes) is 5. The molecule has 0 radical (unpaired) electrons. The molecule has 2 N–H and O–H groups in total. The molecule has 3 heteroatoms. The summed E-state index contributed by atoms with van der Waals surface area (Å²) >= 11 is 0. The fourth-order valence-electron chi connectivity index (χ4n) is 1.95. The lowest BCUT2D eigenvalue weighted by atomic mass is 10.1. The molecule has 0 atom stereocenters. The fraction of sp³-hybridized carbons (Fsp3) is 1.00. The Labute approximate surface area is 113 Å². The van der Waals surface area contributed by atoms with Gasteiger partial charge in [0.25, 0.3) is 0 Å². The van der Waals surface area contributed by atoms with E-state index in [1.807, 2.05) is 0 Å². The first kappa shape index (κ1) is 18.8. The van der Waals surface area contributed by atoms with Gasteiger partial charge >= 0.3 is 0 Å². The highest BCUT2D eigenvalue weighted by Crippen LogP contribution is 2.08. The summed E-state index contributed by atoms with van der Waals surface area (Å²) < 4.78 is 1.14. The van der Waals surface area contributed by atoms with Gasteiger partial charge in [-0.25, -0.2) is 0 Å². The molecular weight excluding hydrogens is 264 g/mol. The van der Waals surface area contributed by atoms with Gasteiger partial charge in [0.2, 0.25) is 0 Å². The molecule has 0 saturated carbocycles. The number of nitrogens with two attached hydrogens (primary N) is 1. The highest BCUT2D eigenvalue weighted by Gasteiger charge is 2.12. The van der Waals surface area contributed by atoms with E-state index in [9.17, 15) is 0 Å². The number of quaternary nitrogens is 1. The summed E-state index contributed by atoms with van der Waals surface area (Å²) in [6, 6.07) is 0. The lowest BCUT2D eigenvalue weighted by molar-refractivity contribution is -0.890. The Morgan fingerprint density at radius 2 is 1.31 bits per heavy atom. The van der Waals surface area contributed by atoms with Crippen LogP contribution in [0, 0.1) is 0 Å². The van der Waals surface area contributed by atoms with E-state index in [2.05, 4.69) is 21.0 Å². The summed E-state index contributed by atoms with van der Waals surface area (Å²) in [5, 5.41) is 0. The van der Waals surface area contributed by atoms with Crippen LogP contribution in [0.1, 0.15) is 51.9 Å². The molecule has 0 aliphatic rings. The molecule has 100 valence electrons. The van der Waals surface area contributed by atoms with Crippen LogP contribution < -0.4 is 22.7 Å². The van der Waals surface area contributed by atoms with Gasteiger partial charge in [-0.15, -0.1) is 0 Å². The molecule has 0 fully saturated rings. The predicted octanol–water partition coefficient (Wildman–Crippen LogP) is -0.224. The summed E-state index contributed by atoms with van der Waals surface area (Å²) in [5.41, 5.74) is 5.54. The maximum atomic E-state index is 5.54. The molecule has 0 saturated heterocycles. The predicted molar refractivity (Wildman–Crippen MR) is 68.9 cm³/mol. The van der Waals surface area contributed by atoms with Gasteiger partial charge in [0.1, 0.15) is 0 Å². The lowest BCUT2D eigenvalue weighted by Gasteiger charge is -2.29. The van der Waals surface area contributed by atoms with Gasteiger partial charge in [0, 0.05) is 6.42 Å². The van der Waals surface area contributed by atoms with E-state index in [1.165, 1.54) is 51.6 Å². The van der Waals surface area contributed by atoms with Crippen molar-refractivity contribution < 1.29 is 21.5 Å². The van der Waals surface area contributed by atoms with Gasteiger partial charge < -0.3 is 27.2 Å². The third-order valence-electron chi connectivity index (χ3n) is 3.08. The minimum absolute atomic E-state index is 0. The van der Waals surface area contributed by atoms with Crippen molar-refractivity contribution in [2.24, 2.45) is 5.73 Å². The molecule has 0 spiro atoms. The third kappa shape index (κ3) is 12.5. The molecule has 0 aromatic carbocycles. The lowest BCUT2D eigenvalue weighted by Crippen LogP contribution is -3.00. The Kier molecular flexibility index (Phi) is 13.9. The molecule has 0 amide bonds. The quantitative estimate of drug-likeness (QED) is 0.437. The Morgan fingerprint density at radius 3 is 1.88 bits per heavy atom. The average Bonchev–Trinajstić information content (AvgIpc) is 2.20. The van der Waals surface area contributed by atoms with E-state index in [0.717, 1.165) is 17.4 Å². The van der Waals surface area contributed by atoms with Crippen LogP contribution in [-0.2, 0) is 0 Å². The van der Waals surface area contributed by atoms with Crippen molar-refractivity contribution in [2.75, 3.05) is 33.7 Å². The zero-order chi connectivity index (χ0) is 11.6. The van der Waals surface area contributed by atoms with Crippen LogP contribution in [0.2, 0.25) is 0 Å². The first-order valence-corrected chi connectivity index (χ1v) is 6.64. The van der Waals surface area contributed by atoms with Crippen LogP contribution in [0.25, 0.3) is 0 Å². The van der Waals surface area contributed by atoms with Crippen LogP contribution in [0.15, 0.2) is 0 Å². The van der Waals surface area contributed by atoms with Crippen LogP contribution in [0.4, 0.5) is 0 Å². The second kappa shape index (κ2) is 11.9. The van der Waals surface area contributed by atoms with Gasteiger partial charge in [-0.05, 0) is 19.4 Å². The largest absolute Gasteiger partial charge is 1.00 e.